The molecule has 0 spiro atoms. The van der Waals surface area contributed by atoms with Crippen LogP contribution >= 0.6 is 11.3 Å². The topological polar surface area (TPSA) is 114 Å². The van der Waals surface area contributed by atoms with Gasteiger partial charge in [-0.15, -0.1) is 10.2 Å². The molecule has 0 aliphatic carbocycles. The highest BCUT2D eigenvalue weighted by Gasteiger charge is 2.14. The molecule has 9 heteroatoms. The SMILES string of the molecule is CCc1nnc(NC(=O)C(C#N)=Cc2ccc(OCCCC(=O)c3ccccc3)c(OC)c2)s1. The molecular weight excluding hydrogens is 452 g/mol. The Hall–Kier alpha value is -4.03. The number of hydrogen-bond donors (Lipinski definition) is 1. The lowest BCUT2D eigenvalue weighted by Crippen LogP contribution is -2.13. The van der Waals surface area contributed by atoms with Gasteiger partial charge in [-0.3, -0.25) is 14.9 Å². The summed E-state index contributed by atoms with van der Waals surface area (Å²) in [5.41, 5.74) is 1.20. The number of nitrogens with zero attached hydrogens (tertiary/aromatic N) is 3. The Bertz CT molecular complexity index is 1220. The number of carbonyl (C=O) groups excluding carboxylic acids is 2. The summed E-state index contributed by atoms with van der Waals surface area (Å²) in [6.07, 6.45) is 3.11. The van der Waals surface area contributed by atoms with E-state index in [1.165, 1.54) is 24.5 Å². The van der Waals surface area contributed by atoms with Crippen LogP contribution in [0.4, 0.5) is 5.13 Å². The maximum absolute atomic E-state index is 12.5. The fourth-order valence-corrected chi connectivity index (χ4v) is 3.68. The fourth-order valence-electron chi connectivity index (χ4n) is 3.00. The third-order valence-electron chi connectivity index (χ3n) is 4.76. The average molecular weight is 477 g/mol. The highest BCUT2D eigenvalue weighted by molar-refractivity contribution is 7.15. The number of nitriles is 1. The van der Waals surface area contributed by atoms with Crippen molar-refractivity contribution in [2.24, 2.45) is 0 Å². The molecule has 1 amide bonds. The van der Waals surface area contributed by atoms with E-state index < -0.39 is 5.91 Å². The Morgan fingerprint density at radius 2 is 1.94 bits per heavy atom. The van der Waals surface area contributed by atoms with Crippen LogP contribution in [0.15, 0.2) is 54.1 Å². The normalized spacial score (nSPS) is 10.9. The first-order valence-electron chi connectivity index (χ1n) is 10.7. The lowest BCUT2D eigenvalue weighted by Gasteiger charge is -2.11. The van der Waals surface area contributed by atoms with Crippen molar-refractivity contribution in [3.8, 4) is 17.6 Å². The van der Waals surface area contributed by atoms with E-state index in [-0.39, 0.29) is 11.4 Å². The highest BCUT2D eigenvalue weighted by Crippen LogP contribution is 2.29. The Labute approximate surface area is 201 Å². The van der Waals surface area contributed by atoms with Crippen LogP contribution in [0.1, 0.15) is 40.7 Å². The van der Waals surface area contributed by atoms with Gasteiger partial charge in [-0.2, -0.15) is 5.26 Å². The molecule has 0 unspecified atom stereocenters. The van der Waals surface area contributed by atoms with Crippen molar-refractivity contribution in [3.05, 3.63) is 70.2 Å². The van der Waals surface area contributed by atoms with Crippen LogP contribution in [0.3, 0.4) is 0 Å². The fraction of sp³-hybridized carbons (Fsp3) is 0.240. The van der Waals surface area contributed by atoms with Crippen LogP contribution in [0.2, 0.25) is 0 Å². The van der Waals surface area contributed by atoms with Gasteiger partial charge >= 0.3 is 0 Å². The molecule has 3 rings (SSSR count). The molecule has 0 atom stereocenters. The lowest BCUT2D eigenvalue weighted by molar-refractivity contribution is -0.112. The van der Waals surface area contributed by atoms with E-state index in [2.05, 4.69) is 15.5 Å². The summed E-state index contributed by atoms with van der Waals surface area (Å²) < 4.78 is 11.2. The number of rotatable bonds is 11. The van der Waals surface area contributed by atoms with Crippen LogP contribution in [-0.4, -0.2) is 35.6 Å². The number of amides is 1. The van der Waals surface area contributed by atoms with Gasteiger partial charge in [-0.1, -0.05) is 54.7 Å². The van der Waals surface area contributed by atoms with Gasteiger partial charge in [-0.25, -0.2) is 0 Å². The summed E-state index contributed by atoms with van der Waals surface area (Å²) in [7, 11) is 1.51. The van der Waals surface area contributed by atoms with Crippen LogP contribution < -0.4 is 14.8 Å². The predicted octanol–water partition coefficient (Wildman–Crippen LogP) is 4.70. The molecule has 0 radical (unpaired) electrons. The number of anilines is 1. The summed E-state index contributed by atoms with van der Waals surface area (Å²) >= 11 is 1.26. The molecule has 3 aromatic rings. The van der Waals surface area contributed by atoms with Gasteiger partial charge in [0.05, 0.1) is 13.7 Å². The molecule has 0 aliphatic heterocycles. The molecule has 1 N–H and O–H groups in total. The largest absolute Gasteiger partial charge is 0.493 e. The summed E-state index contributed by atoms with van der Waals surface area (Å²) in [4.78, 5) is 24.6. The third kappa shape index (κ3) is 6.73. The average Bonchev–Trinajstić information content (AvgIpc) is 3.33. The van der Waals surface area contributed by atoms with Crippen LogP contribution in [-0.2, 0) is 11.2 Å². The first kappa shape index (κ1) is 24.6. The van der Waals surface area contributed by atoms with Crippen molar-refractivity contribution in [3.63, 3.8) is 0 Å². The van der Waals surface area contributed by atoms with E-state index in [0.717, 1.165) is 5.01 Å². The number of benzene rings is 2. The molecule has 0 saturated heterocycles. The van der Waals surface area contributed by atoms with E-state index >= 15 is 0 Å². The second-order valence-electron chi connectivity index (χ2n) is 7.13. The number of carbonyl (C=O) groups is 2. The van der Waals surface area contributed by atoms with Gasteiger partial charge < -0.3 is 9.47 Å². The number of nitrogens with one attached hydrogen (secondary N) is 1. The molecule has 8 nitrogen and oxygen atoms in total. The molecule has 2 aromatic carbocycles. The van der Waals surface area contributed by atoms with Gasteiger partial charge in [0.25, 0.3) is 5.91 Å². The van der Waals surface area contributed by atoms with Crippen LogP contribution in [0.5, 0.6) is 11.5 Å². The number of aryl methyl sites for hydroxylation is 1. The van der Waals surface area contributed by atoms with Gasteiger partial charge in [-0.05, 0) is 36.6 Å². The van der Waals surface area contributed by atoms with Gasteiger partial charge in [0.1, 0.15) is 16.6 Å². The zero-order valence-corrected chi connectivity index (χ0v) is 19.7. The van der Waals surface area contributed by atoms with Crippen molar-refractivity contribution in [2.45, 2.75) is 26.2 Å². The Morgan fingerprint density at radius 3 is 2.62 bits per heavy atom. The predicted molar refractivity (Wildman–Crippen MR) is 130 cm³/mol. The first-order valence-corrected chi connectivity index (χ1v) is 11.5. The maximum Gasteiger partial charge on any atom is 0.268 e. The molecule has 0 fully saturated rings. The smallest absolute Gasteiger partial charge is 0.268 e. The summed E-state index contributed by atoms with van der Waals surface area (Å²) in [6, 6.07) is 16.2. The van der Waals surface area contributed by atoms with Crippen molar-refractivity contribution < 1.29 is 19.1 Å². The molecule has 0 saturated carbocycles. The minimum atomic E-state index is -0.566. The zero-order valence-electron chi connectivity index (χ0n) is 18.9. The number of methoxy groups -OCH3 is 1. The minimum absolute atomic E-state index is 0.0680. The quantitative estimate of drug-likeness (QED) is 0.185. The monoisotopic (exact) mass is 476 g/mol. The van der Waals surface area contributed by atoms with Crippen molar-refractivity contribution >= 4 is 34.2 Å². The lowest BCUT2D eigenvalue weighted by atomic mass is 10.1. The van der Waals surface area contributed by atoms with E-state index in [9.17, 15) is 14.9 Å². The van der Waals surface area contributed by atoms with Crippen LogP contribution in [0, 0.1) is 11.3 Å². The third-order valence-corrected chi connectivity index (χ3v) is 5.74. The molecule has 0 aliphatic rings. The molecule has 34 heavy (non-hydrogen) atoms. The number of aromatic nitrogens is 2. The second-order valence-corrected chi connectivity index (χ2v) is 8.19. The molecule has 1 aromatic heterocycles. The van der Waals surface area contributed by atoms with E-state index in [1.807, 2.05) is 31.2 Å². The standard InChI is InChI=1S/C25H24N4O4S/c1-3-23-28-29-25(34-23)27-24(31)19(16-26)14-17-11-12-21(22(15-17)32-2)33-13-7-10-20(30)18-8-5-4-6-9-18/h4-6,8-9,11-12,14-15H,3,7,10,13H2,1-2H3,(H,27,29,31). The molecule has 0 bridgehead atoms. The van der Waals surface area contributed by atoms with E-state index in [0.29, 0.717) is 53.6 Å². The highest BCUT2D eigenvalue weighted by atomic mass is 32.1. The van der Waals surface area contributed by atoms with Gasteiger partial charge in [0.2, 0.25) is 5.13 Å². The molecule has 1 heterocycles. The number of Topliss-reactive ketones (excluding diaryl/α,β-unsaturated/α-hetero) is 1. The first-order chi connectivity index (χ1) is 16.5. The van der Waals surface area contributed by atoms with Crippen molar-refractivity contribution in [2.75, 3.05) is 19.0 Å². The molecule has 174 valence electrons. The Kier molecular flexibility index (Phi) is 8.88. The molecular formula is C25H24N4O4S. The van der Waals surface area contributed by atoms with Gasteiger partial charge in [0, 0.05) is 12.0 Å². The Morgan fingerprint density at radius 1 is 1.15 bits per heavy atom. The van der Waals surface area contributed by atoms with Crippen molar-refractivity contribution in [1.29, 1.82) is 5.26 Å². The summed E-state index contributed by atoms with van der Waals surface area (Å²) in [5.74, 6) is 0.468. The summed E-state index contributed by atoms with van der Waals surface area (Å²) in [5, 5.41) is 21.0. The van der Waals surface area contributed by atoms with Crippen molar-refractivity contribution in [1.82, 2.24) is 10.2 Å². The number of ketones is 1. The van der Waals surface area contributed by atoms with Gasteiger partial charge in [0.15, 0.2) is 17.3 Å². The maximum atomic E-state index is 12.5. The number of hydrogen-bond acceptors (Lipinski definition) is 8. The minimum Gasteiger partial charge on any atom is -0.493 e. The Balaban J connectivity index is 1.60. The van der Waals surface area contributed by atoms with E-state index in [1.54, 1.807) is 30.3 Å². The van der Waals surface area contributed by atoms with Crippen LogP contribution in [0.25, 0.3) is 6.08 Å². The summed E-state index contributed by atoms with van der Waals surface area (Å²) in [6.45, 7) is 2.29. The van der Waals surface area contributed by atoms with E-state index in [4.69, 9.17) is 9.47 Å². The number of ether oxygens (including phenoxy) is 2. The second kappa shape index (κ2) is 12.3. The zero-order chi connectivity index (χ0) is 24.3.